The molecule has 1 aliphatic heterocycles. The van der Waals surface area contributed by atoms with Crippen LogP contribution >= 0.6 is 0 Å². The van der Waals surface area contributed by atoms with Gasteiger partial charge < -0.3 is 24.5 Å². The van der Waals surface area contributed by atoms with Crippen LogP contribution < -0.4 is 10.6 Å². The molecule has 2 N–H and O–H groups in total. The predicted molar refractivity (Wildman–Crippen MR) is 112 cm³/mol. The molecule has 12 nitrogen and oxygen atoms in total. The summed E-state index contributed by atoms with van der Waals surface area (Å²) in [7, 11) is 0. The van der Waals surface area contributed by atoms with Gasteiger partial charge in [-0.2, -0.15) is 4.98 Å². The van der Waals surface area contributed by atoms with Crippen molar-refractivity contribution in [3.8, 4) is 0 Å². The summed E-state index contributed by atoms with van der Waals surface area (Å²) in [6.45, 7) is 5.13. The van der Waals surface area contributed by atoms with Crippen LogP contribution in [-0.2, 0) is 25.5 Å². The number of ether oxygens (including phenoxy) is 2. The summed E-state index contributed by atoms with van der Waals surface area (Å²) in [4.78, 5) is 45.8. The van der Waals surface area contributed by atoms with E-state index in [-0.39, 0.29) is 36.7 Å². The molecule has 0 aliphatic carbocycles. The van der Waals surface area contributed by atoms with E-state index < -0.39 is 24.0 Å². The summed E-state index contributed by atoms with van der Waals surface area (Å²) in [5.74, 6) is -0.350. The third-order valence-corrected chi connectivity index (χ3v) is 4.82. The highest BCUT2D eigenvalue weighted by Gasteiger charge is 2.35. The van der Waals surface area contributed by atoms with E-state index >= 15 is 0 Å². The van der Waals surface area contributed by atoms with Crippen molar-refractivity contribution in [1.29, 1.82) is 0 Å². The van der Waals surface area contributed by atoms with Crippen molar-refractivity contribution in [2.24, 2.45) is 0 Å². The Labute approximate surface area is 188 Å². The van der Waals surface area contributed by atoms with E-state index in [1.807, 2.05) is 19.9 Å². The fourth-order valence-corrected chi connectivity index (χ4v) is 3.47. The predicted octanol–water partition coefficient (Wildman–Crippen LogP) is 1.29. The Kier molecular flexibility index (Phi) is 6.07. The number of amides is 2. The van der Waals surface area contributed by atoms with E-state index in [2.05, 4.69) is 25.7 Å². The van der Waals surface area contributed by atoms with E-state index in [1.165, 1.54) is 10.8 Å². The van der Waals surface area contributed by atoms with Gasteiger partial charge in [0, 0.05) is 11.4 Å². The molecule has 0 spiro atoms. The molecule has 4 rings (SSSR count). The zero-order valence-corrected chi connectivity index (χ0v) is 18.2. The summed E-state index contributed by atoms with van der Waals surface area (Å²) in [6.07, 6.45) is 1.21. The second-order valence-electron chi connectivity index (χ2n) is 7.28. The van der Waals surface area contributed by atoms with E-state index in [4.69, 9.17) is 13.9 Å². The Hall–Kier alpha value is -4.22. The molecule has 33 heavy (non-hydrogen) atoms. The second-order valence-corrected chi connectivity index (χ2v) is 7.28. The average Bonchev–Trinajstić information content (AvgIpc) is 3.42. The Bertz CT molecular complexity index is 1250. The molecule has 4 heterocycles. The largest absolute Gasteiger partial charge is 0.467 e. The second kappa shape index (κ2) is 9.10. The Balaban J connectivity index is 1.53. The highest BCUT2D eigenvalue weighted by atomic mass is 16.5. The molecule has 172 valence electrons. The van der Waals surface area contributed by atoms with Crippen LogP contribution in [0, 0.1) is 13.8 Å². The number of furan rings is 1. The number of carbonyl (C=O) groups is 3. The minimum absolute atomic E-state index is 0.0837. The number of aryl methyl sites for hydroxylation is 2. The molecule has 0 saturated heterocycles. The minimum Gasteiger partial charge on any atom is -0.467 e. The van der Waals surface area contributed by atoms with Crippen molar-refractivity contribution in [2.75, 3.05) is 13.2 Å². The number of aromatic nitrogens is 4. The summed E-state index contributed by atoms with van der Waals surface area (Å²) < 4.78 is 17.4. The molecule has 0 bridgehead atoms. The number of esters is 2. The van der Waals surface area contributed by atoms with Gasteiger partial charge in [0.25, 0.3) is 5.78 Å². The lowest BCUT2D eigenvalue weighted by atomic mass is 10.0. The van der Waals surface area contributed by atoms with E-state index in [9.17, 15) is 14.4 Å². The van der Waals surface area contributed by atoms with E-state index in [0.717, 1.165) is 11.4 Å². The minimum atomic E-state index is -0.890. The number of fused-ring (bicyclic) bond motifs is 1. The van der Waals surface area contributed by atoms with Gasteiger partial charge in [-0.1, -0.05) is 0 Å². The fourth-order valence-electron chi connectivity index (χ4n) is 3.47. The van der Waals surface area contributed by atoms with Crippen LogP contribution in [0.4, 0.5) is 4.79 Å². The number of urea groups is 1. The van der Waals surface area contributed by atoms with Crippen LogP contribution in [0.25, 0.3) is 5.78 Å². The van der Waals surface area contributed by atoms with Gasteiger partial charge in [0.15, 0.2) is 5.82 Å². The van der Waals surface area contributed by atoms with Crippen LogP contribution in [0.3, 0.4) is 0 Å². The van der Waals surface area contributed by atoms with Crippen LogP contribution in [0.15, 0.2) is 40.1 Å². The smallest absolute Gasteiger partial charge is 0.338 e. The molecule has 1 aliphatic rings. The third kappa shape index (κ3) is 4.68. The molecule has 12 heteroatoms. The van der Waals surface area contributed by atoms with Gasteiger partial charge in [0.2, 0.25) is 0 Å². The first-order chi connectivity index (χ1) is 15.9. The first-order valence-corrected chi connectivity index (χ1v) is 10.2. The first kappa shape index (κ1) is 22.0. The maximum Gasteiger partial charge on any atom is 0.338 e. The van der Waals surface area contributed by atoms with Gasteiger partial charge >= 0.3 is 18.0 Å². The average molecular weight is 454 g/mol. The molecule has 0 aromatic carbocycles. The third-order valence-electron chi connectivity index (χ3n) is 4.82. The monoisotopic (exact) mass is 454 g/mol. The topological polar surface area (TPSA) is 150 Å². The summed E-state index contributed by atoms with van der Waals surface area (Å²) in [5, 5.41) is 9.41. The highest BCUT2D eigenvalue weighted by molar-refractivity contribution is 5.95. The molecule has 3 aromatic heterocycles. The maximum atomic E-state index is 12.6. The zero-order valence-electron chi connectivity index (χ0n) is 18.2. The first-order valence-electron chi connectivity index (χ1n) is 10.2. The fraction of sp³-hybridized carbons (Fsp3) is 0.333. The lowest BCUT2D eigenvalue weighted by Gasteiger charge is -2.27. The van der Waals surface area contributed by atoms with Crippen LogP contribution in [0.2, 0.25) is 0 Å². The SMILES string of the molecule is CCOC(=O)C1=C(COC(=O)Cc2nc3nc(C)cc(C)n3n2)NC(=O)N[C@H]1c1ccco1. The number of hydrogen-bond donors (Lipinski definition) is 2. The van der Waals surface area contributed by atoms with Gasteiger partial charge in [-0.3, -0.25) is 4.79 Å². The van der Waals surface area contributed by atoms with Gasteiger partial charge in [0.1, 0.15) is 24.8 Å². The van der Waals surface area contributed by atoms with Crippen molar-refractivity contribution >= 4 is 23.7 Å². The van der Waals surface area contributed by atoms with Gasteiger partial charge in [-0.25, -0.2) is 19.1 Å². The Morgan fingerprint density at radius 1 is 1.24 bits per heavy atom. The summed E-state index contributed by atoms with van der Waals surface area (Å²) in [5.41, 5.74) is 1.80. The number of carbonyl (C=O) groups excluding carboxylic acids is 3. The number of rotatable bonds is 7. The molecule has 0 saturated carbocycles. The molecular weight excluding hydrogens is 432 g/mol. The zero-order chi connectivity index (χ0) is 23.5. The van der Waals surface area contributed by atoms with Crippen molar-refractivity contribution in [3.05, 3.63) is 58.7 Å². The van der Waals surface area contributed by atoms with Gasteiger partial charge in [0.05, 0.1) is 24.1 Å². The lowest BCUT2D eigenvalue weighted by Crippen LogP contribution is -2.47. The lowest BCUT2D eigenvalue weighted by molar-refractivity contribution is -0.143. The molecule has 3 aromatic rings. The number of hydrogen-bond acceptors (Lipinski definition) is 9. The quantitative estimate of drug-likeness (QED) is 0.503. The van der Waals surface area contributed by atoms with E-state index in [0.29, 0.717) is 11.5 Å². The molecular formula is C21H22N6O6. The summed E-state index contributed by atoms with van der Waals surface area (Å²) >= 11 is 0. The summed E-state index contributed by atoms with van der Waals surface area (Å²) in [6, 6.07) is 3.63. The Morgan fingerprint density at radius 3 is 2.79 bits per heavy atom. The van der Waals surface area contributed by atoms with Crippen molar-refractivity contribution in [2.45, 2.75) is 33.2 Å². The number of nitrogens with zero attached hydrogens (tertiary/aromatic N) is 4. The molecule has 0 fully saturated rings. The van der Waals surface area contributed by atoms with Gasteiger partial charge in [-0.15, -0.1) is 5.10 Å². The van der Waals surface area contributed by atoms with Gasteiger partial charge in [-0.05, 0) is 39.0 Å². The maximum absolute atomic E-state index is 12.6. The normalized spacial score (nSPS) is 15.8. The Morgan fingerprint density at radius 2 is 2.06 bits per heavy atom. The standard InChI is InChI=1S/C21H22N6O6/c1-4-31-19(29)17-13(23-21(30)25-18(17)14-6-5-7-32-14)10-33-16(28)9-15-24-20-22-11(2)8-12(3)27(20)26-15/h5-8,18H,4,9-10H2,1-3H3,(H2,23,25,30)/t18-/m0/s1. The van der Waals surface area contributed by atoms with Crippen molar-refractivity contribution in [3.63, 3.8) is 0 Å². The molecule has 2 amide bonds. The van der Waals surface area contributed by atoms with Crippen LogP contribution in [-0.4, -0.2) is 50.8 Å². The van der Waals surface area contributed by atoms with Crippen LogP contribution in [0.5, 0.6) is 0 Å². The van der Waals surface area contributed by atoms with Crippen molar-refractivity contribution in [1.82, 2.24) is 30.2 Å². The molecule has 0 radical (unpaired) electrons. The molecule has 0 unspecified atom stereocenters. The highest BCUT2D eigenvalue weighted by Crippen LogP contribution is 2.28. The van der Waals surface area contributed by atoms with Crippen molar-refractivity contribution < 1.29 is 28.3 Å². The number of nitrogens with one attached hydrogen (secondary N) is 2. The molecule has 1 atom stereocenters. The van der Waals surface area contributed by atoms with E-state index in [1.54, 1.807) is 19.1 Å². The van der Waals surface area contributed by atoms with Crippen LogP contribution in [0.1, 0.15) is 35.9 Å².